The zero-order chi connectivity index (χ0) is 19.6. The zero-order valence-electron chi connectivity index (χ0n) is 16.2. The third-order valence-electron chi connectivity index (χ3n) is 4.43. The fraction of sp³-hybridized carbons (Fsp3) is 0.261. The molecule has 1 aromatic heterocycles. The Bertz CT molecular complexity index is 868. The Kier molecular flexibility index (Phi) is 7.13. The van der Waals surface area contributed by atoms with Crippen molar-refractivity contribution >= 4 is 17.5 Å². The minimum absolute atomic E-state index is 0.144. The SMILES string of the molecule is CCCCCNc1nccc(C(=O)N(Cc2ccccc2)c2ccccc2)n1. The number of aromatic nitrogens is 2. The summed E-state index contributed by atoms with van der Waals surface area (Å²) in [5.74, 6) is 0.351. The van der Waals surface area contributed by atoms with E-state index >= 15 is 0 Å². The number of benzene rings is 2. The molecule has 0 bridgehead atoms. The maximum absolute atomic E-state index is 13.3. The van der Waals surface area contributed by atoms with Crippen molar-refractivity contribution < 1.29 is 4.79 Å². The highest BCUT2D eigenvalue weighted by Gasteiger charge is 2.20. The summed E-state index contributed by atoms with van der Waals surface area (Å²) in [6, 6.07) is 21.3. The highest BCUT2D eigenvalue weighted by Crippen LogP contribution is 2.19. The molecule has 0 aliphatic rings. The van der Waals surface area contributed by atoms with Crippen LogP contribution in [-0.2, 0) is 6.54 Å². The number of hydrogen-bond donors (Lipinski definition) is 1. The lowest BCUT2D eigenvalue weighted by atomic mass is 10.2. The third kappa shape index (κ3) is 5.39. The van der Waals surface area contributed by atoms with Gasteiger partial charge in [0, 0.05) is 18.4 Å². The maximum Gasteiger partial charge on any atom is 0.277 e. The molecule has 0 saturated carbocycles. The van der Waals surface area contributed by atoms with Crippen LogP contribution in [0.4, 0.5) is 11.6 Å². The van der Waals surface area contributed by atoms with Crippen LogP contribution in [0.1, 0.15) is 42.2 Å². The van der Waals surface area contributed by atoms with Crippen LogP contribution in [0, 0.1) is 0 Å². The van der Waals surface area contributed by atoms with Crippen molar-refractivity contribution in [2.24, 2.45) is 0 Å². The number of para-hydroxylation sites is 1. The van der Waals surface area contributed by atoms with Gasteiger partial charge in [-0.2, -0.15) is 0 Å². The Labute approximate surface area is 166 Å². The minimum atomic E-state index is -0.144. The number of unbranched alkanes of at least 4 members (excludes halogenated alkanes) is 2. The van der Waals surface area contributed by atoms with E-state index in [0.717, 1.165) is 37.1 Å². The average molecular weight is 374 g/mol. The van der Waals surface area contributed by atoms with Crippen molar-refractivity contribution in [3.05, 3.63) is 84.2 Å². The number of anilines is 2. The van der Waals surface area contributed by atoms with Gasteiger partial charge in [0.1, 0.15) is 5.69 Å². The van der Waals surface area contributed by atoms with Crippen LogP contribution in [-0.4, -0.2) is 22.4 Å². The predicted molar refractivity (Wildman–Crippen MR) is 113 cm³/mol. The fourth-order valence-corrected chi connectivity index (χ4v) is 2.93. The van der Waals surface area contributed by atoms with Gasteiger partial charge in [0.25, 0.3) is 5.91 Å². The van der Waals surface area contributed by atoms with Crippen LogP contribution < -0.4 is 10.2 Å². The number of nitrogens with zero attached hydrogens (tertiary/aromatic N) is 3. The molecular formula is C23H26N4O. The van der Waals surface area contributed by atoms with Crippen molar-refractivity contribution in [1.82, 2.24) is 9.97 Å². The monoisotopic (exact) mass is 374 g/mol. The van der Waals surface area contributed by atoms with E-state index in [1.54, 1.807) is 17.2 Å². The zero-order valence-corrected chi connectivity index (χ0v) is 16.2. The molecule has 0 saturated heterocycles. The van der Waals surface area contributed by atoms with E-state index in [-0.39, 0.29) is 5.91 Å². The summed E-state index contributed by atoms with van der Waals surface area (Å²) in [4.78, 5) is 23.7. The molecule has 1 heterocycles. The van der Waals surface area contributed by atoms with Crippen molar-refractivity contribution in [2.75, 3.05) is 16.8 Å². The molecule has 1 amide bonds. The number of nitrogens with one attached hydrogen (secondary N) is 1. The van der Waals surface area contributed by atoms with E-state index in [1.165, 1.54) is 0 Å². The van der Waals surface area contributed by atoms with E-state index in [9.17, 15) is 4.79 Å². The second-order valence-corrected chi connectivity index (χ2v) is 6.61. The van der Waals surface area contributed by atoms with E-state index in [1.807, 2.05) is 60.7 Å². The van der Waals surface area contributed by atoms with Crippen LogP contribution in [0.5, 0.6) is 0 Å². The number of hydrogen-bond acceptors (Lipinski definition) is 4. The molecule has 0 fully saturated rings. The van der Waals surface area contributed by atoms with Crippen LogP contribution in [0.2, 0.25) is 0 Å². The second kappa shape index (κ2) is 10.2. The van der Waals surface area contributed by atoms with Gasteiger partial charge in [0.05, 0.1) is 6.54 Å². The summed E-state index contributed by atoms with van der Waals surface area (Å²) < 4.78 is 0. The lowest BCUT2D eigenvalue weighted by Gasteiger charge is -2.23. The van der Waals surface area contributed by atoms with Gasteiger partial charge in [-0.3, -0.25) is 4.79 Å². The molecule has 0 aliphatic heterocycles. The van der Waals surface area contributed by atoms with Crippen LogP contribution >= 0.6 is 0 Å². The van der Waals surface area contributed by atoms with E-state index in [4.69, 9.17) is 0 Å². The summed E-state index contributed by atoms with van der Waals surface area (Å²) in [5, 5.41) is 3.21. The first-order valence-corrected chi connectivity index (χ1v) is 9.75. The molecule has 0 radical (unpaired) electrons. The normalized spacial score (nSPS) is 10.5. The minimum Gasteiger partial charge on any atom is -0.354 e. The third-order valence-corrected chi connectivity index (χ3v) is 4.43. The van der Waals surface area contributed by atoms with E-state index < -0.39 is 0 Å². The standard InChI is InChI=1S/C23H26N4O/c1-2-3-10-16-24-23-25-17-15-21(26-23)22(28)27(20-13-8-5-9-14-20)18-19-11-6-4-7-12-19/h4-9,11-15,17H,2-3,10,16,18H2,1H3,(H,24,25,26). The highest BCUT2D eigenvalue weighted by atomic mass is 16.2. The lowest BCUT2D eigenvalue weighted by Crippen LogP contribution is -2.31. The number of amides is 1. The van der Waals surface area contributed by atoms with Crippen LogP contribution in [0.25, 0.3) is 0 Å². The Hall–Kier alpha value is -3.21. The molecule has 2 aromatic carbocycles. The smallest absolute Gasteiger partial charge is 0.277 e. The fourth-order valence-electron chi connectivity index (χ4n) is 2.93. The van der Waals surface area contributed by atoms with Gasteiger partial charge in [-0.25, -0.2) is 9.97 Å². The van der Waals surface area contributed by atoms with Crippen molar-refractivity contribution in [3.8, 4) is 0 Å². The van der Waals surface area contributed by atoms with Crippen molar-refractivity contribution in [1.29, 1.82) is 0 Å². The molecule has 28 heavy (non-hydrogen) atoms. The second-order valence-electron chi connectivity index (χ2n) is 6.61. The molecule has 5 nitrogen and oxygen atoms in total. The van der Waals surface area contributed by atoms with Gasteiger partial charge >= 0.3 is 0 Å². The number of rotatable bonds is 9. The largest absolute Gasteiger partial charge is 0.354 e. The molecule has 3 aromatic rings. The summed E-state index contributed by atoms with van der Waals surface area (Å²) in [7, 11) is 0. The Morgan fingerprint density at radius 2 is 1.68 bits per heavy atom. The summed E-state index contributed by atoms with van der Waals surface area (Å²) in [6.07, 6.45) is 5.01. The lowest BCUT2D eigenvalue weighted by molar-refractivity contribution is 0.0980. The molecule has 0 unspecified atom stereocenters. The first-order chi connectivity index (χ1) is 13.8. The van der Waals surface area contributed by atoms with Crippen LogP contribution in [0.15, 0.2) is 72.9 Å². The summed E-state index contributed by atoms with van der Waals surface area (Å²) in [6.45, 7) is 3.45. The number of carbonyl (C=O) groups excluding carboxylic acids is 1. The van der Waals surface area contributed by atoms with Crippen molar-refractivity contribution in [3.63, 3.8) is 0 Å². The summed E-state index contributed by atoms with van der Waals surface area (Å²) >= 11 is 0. The molecule has 3 rings (SSSR count). The van der Waals surface area contributed by atoms with Gasteiger partial charge < -0.3 is 10.2 Å². The van der Waals surface area contributed by atoms with E-state index in [0.29, 0.717) is 18.2 Å². The predicted octanol–water partition coefficient (Wildman–Crippen LogP) is 4.93. The Morgan fingerprint density at radius 1 is 0.964 bits per heavy atom. The van der Waals surface area contributed by atoms with E-state index in [2.05, 4.69) is 22.2 Å². The molecule has 5 heteroatoms. The van der Waals surface area contributed by atoms with Gasteiger partial charge in [-0.1, -0.05) is 68.3 Å². The van der Waals surface area contributed by atoms with Gasteiger partial charge in [0.15, 0.2) is 0 Å². The quantitative estimate of drug-likeness (QED) is 0.540. The molecule has 144 valence electrons. The first-order valence-electron chi connectivity index (χ1n) is 9.75. The highest BCUT2D eigenvalue weighted by molar-refractivity contribution is 6.04. The Morgan fingerprint density at radius 3 is 2.39 bits per heavy atom. The molecule has 0 atom stereocenters. The first kappa shape index (κ1) is 19.5. The average Bonchev–Trinajstić information content (AvgIpc) is 2.76. The molecule has 1 N–H and O–H groups in total. The van der Waals surface area contributed by atoms with Gasteiger partial charge in [0.2, 0.25) is 5.95 Å². The van der Waals surface area contributed by atoms with Gasteiger partial charge in [-0.15, -0.1) is 0 Å². The van der Waals surface area contributed by atoms with Crippen molar-refractivity contribution in [2.45, 2.75) is 32.7 Å². The van der Waals surface area contributed by atoms with Crippen LogP contribution in [0.3, 0.4) is 0 Å². The Balaban J connectivity index is 1.81. The van der Waals surface area contributed by atoms with Gasteiger partial charge in [-0.05, 0) is 30.2 Å². The topological polar surface area (TPSA) is 58.1 Å². The number of carbonyl (C=O) groups is 1. The summed E-state index contributed by atoms with van der Waals surface area (Å²) in [5.41, 5.74) is 2.28. The molecule has 0 spiro atoms. The molecule has 0 aliphatic carbocycles. The molecular weight excluding hydrogens is 348 g/mol. The maximum atomic E-state index is 13.3.